The maximum Gasteiger partial charge on any atom is 0.0718 e. The van der Waals surface area contributed by atoms with Crippen LogP contribution in [0.15, 0.2) is 42.7 Å². The average molecular weight is 299 g/mol. The van der Waals surface area contributed by atoms with Crippen molar-refractivity contribution in [3.8, 4) is 0 Å². The summed E-state index contributed by atoms with van der Waals surface area (Å²) < 4.78 is 0. The first-order chi connectivity index (χ1) is 10.3. The Kier molecular flexibility index (Phi) is 3.34. The molecule has 2 unspecified atom stereocenters. The Labute approximate surface area is 130 Å². The van der Waals surface area contributed by atoms with Gasteiger partial charge in [-0.15, -0.1) is 0 Å². The van der Waals surface area contributed by atoms with Crippen molar-refractivity contribution < 1.29 is 0 Å². The first kappa shape index (κ1) is 13.1. The van der Waals surface area contributed by atoms with Gasteiger partial charge in [0.15, 0.2) is 0 Å². The number of halogens is 1. The molecule has 2 aromatic rings. The Morgan fingerprint density at radius 3 is 2.29 bits per heavy atom. The summed E-state index contributed by atoms with van der Waals surface area (Å²) in [6, 6.07) is 11.3. The fourth-order valence-corrected chi connectivity index (χ4v) is 4.21. The predicted octanol–water partition coefficient (Wildman–Crippen LogP) is 4.34. The summed E-state index contributed by atoms with van der Waals surface area (Å²) in [6.45, 7) is 0. The fraction of sp³-hybridized carbons (Fsp3) is 0.389. The second kappa shape index (κ2) is 5.34. The molecule has 4 rings (SSSR count). The zero-order chi connectivity index (χ0) is 14.2. The minimum Gasteiger partial charge on any atom is -0.379 e. The summed E-state index contributed by atoms with van der Waals surface area (Å²) in [4.78, 5) is 4.20. The summed E-state index contributed by atoms with van der Waals surface area (Å²) in [6.07, 6.45) is 8.58. The van der Waals surface area contributed by atoms with Gasteiger partial charge in [0, 0.05) is 12.2 Å². The quantitative estimate of drug-likeness (QED) is 0.892. The van der Waals surface area contributed by atoms with E-state index in [9.17, 15) is 0 Å². The molecule has 2 aliphatic rings. The Hall–Kier alpha value is -1.54. The second-order valence-electron chi connectivity index (χ2n) is 6.30. The molecule has 2 aliphatic carbocycles. The molecule has 2 atom stereocenters. The van der Waals surface area contributed by atoms with Crippen molar-refractivity contribution >= 4 is 17.3 Å². The summed E-state index contributed by atoms with van der Waals surface area (Å²) in [5, 5.41) is 4.46. The van der Waals surface area contributed by atoms with Crippen molar-refractivity contribution in [2.24, 2.45) is 11.8 Å². The third-order valence-electron chi connectivity index (χ3n) is 5.10. The third-order valence-corrected chi connectivity index (χ3v) is 5.43. The lowest BCUT2D eigenvalue weighted by molar-refractivity contribution is 0.449. The molecule has 2 bridgehead atoms. The van der Waals surface area contributed by atoms with Crippen LogP contribution < -0.4 is 5.32 Å². The number of nitrogens with one attached hydrogen (secondary N) is 1. The van der Waals surface area contributed by atoms with Crippen LogP contribution in [0.4, 0.5) is 5.69 Å². The monoisotopic (exact) mass is 298 g/mol. The normalized spacial score (nSPS) is 27.0. The highest BCUT2D eigenvalue weighted by Crippen LogP contribution is 2.41. The van der Waals surface area contributed by atoms with Gasteiger partial charge in [-0.25, -0.2) is 0 Å². The minimum absolute atomic E-state index is 0.513. The molecule has 0 aliphatic heterocycles. The molecule has 1 saturated carbocycles. The van der Waals surface area contributed by atoms with E-state index in [1.807, 2.05) is 12.3 Å². The van der Waals surface area contributed by atoms with Gasteiger partial charge in [0.2, 0.25) is 0 Å². The molecule has 108 valence electrons. The number of pyridine rings is 1. The van der Waals surface area contributed by atoms with Gasteiger partial charge in [0.05, 0.1) is 16.9 Å². The van der Waals surface area contributed by atoms with Crippen LogP contribution >= 0.6 is 11.6 Å². The summed E-state index contributed by atoms with van der Waals surface area (Å²) in [5.74, 6) is 1.41. The van der Waals surface area contributed by atoms with Crippen molar-refractivity contribution in [3.63, 3.8) is 0 Å². The minimum atomic E-state index is 0.513. The van der Waals surface area contributed by atoms with Crippen LogP contribution in [0.2, 0.25) is 5.02 Å². The number of rotatable bonds is 2. The summed E-state index contributed by atoms with van der Waals surface area (Å²) >= 11 is 6.29. The fourth-order valence-electron chi connectivity index (χ4n) is 4.05. The average Bonchev–Trinajstić information content (AvgIpc) is 2.76. The third kappa shape index (κ3) is 2.42. The van der Waals surface area contributed by atoms with E-state index < -0.39 is 0 Å². The Bertz CT molecular complexity index is 622. The molecule has 1 aromatic carbocycles. The van der Waals surface area contributed by atoms with Crippen LogP contribution in [0.3, 0.4) is 0 Å². The van der Waals surface area contributed by atoms with E-state index in [0.29, 0.717) is 17.9 Å². The molecule has 1 fully saturated rings. The van der Waals surface area contributed by atoms with Crippen LogP contribution in [0.25, 0.3) is 0 Å². The highest BCUT2D eigenvalue weighted by molar-refractivity contribution is 6.33. The molecule has 0 radical (unpaired) electrons. The van der Waals surface area contributed by atoms with E-state index in [-0.39, 0.29) is 0 Å². The number of aromatic nitrogens is 1. The van der Waals surface area contributed by atoms with Gasteiger partial charge in [-0.05, 0) is 54.7 Å². The first-order valence-corrected chi connectivity index (χ1v) is 8.12. The zero-order valence-electron chi connectivity index (χ0n) is 11.9. The molecule has 21 heavy (non-hydrogen) atoms. The Morgan fingerprint density at radius 1 is 1.00 bits per heavy atom. The SMILES string of the molecule is Clc1ccncc1NC1C2CCC1Cc1ccccc1C2. The predicted molar refractivity (Wildman–Crippen MR) is 86.7 cm³/mol. The van der Waals surface area contributed by atoms with E-state index in [0.717, 1.165) is 10.7 Å². The molecule has 0 spiro atoms. The van der Waals surface area contributed by atoms with E-state index in [4.69, 9.17) is 11.6 Å². The lowest BCUT2D eigenvalue weighted by Crippen LogP contribution is -2.31. The van der Waals surface area contributed by atoms with Crippen LogP contribution in [0.5, 0.6) is 0 Å². The van der Waals surface area contributed by atoms with Gasteiger partial charge in [0.25, 0.3) is 0 Å². The van der Waals surface area contributed by atoms with E-state index >= 15 is 0 Å². The summed E-state index contributed by atoms with van der Waals surface area (Å²) in [5.41, 5.74) is 4.05. The van der Waals surface area contributed by atoms with Crippen molar-refractivity contribution in [1.29, 1.82) is 0 Å². The number of anilines is 1. The molecule has 1 N–H and O–H groups in total. The lowest BCUT2D eigenvalue weighted by Gasteiger charge is -2.25. The number of hydrogen-bond donors (Lipinski definition) is 1. The van der Waals surface area contributed by atoms with Gasteiger partial charge < -0.3 is 5.32 Å². The lowest BCUT2D eigenvalue weighted by atomic mass is 9.94. The van der Waals surface area contributed by atoms with Crippen LogP contribution in [0.1, 0.15) is 24.0 Å². The number of hydrogen-bond acceptors (Lipinski definition) is 2. The van der Waals surface area contributed by atoms with E-state index in [2.05, 4.69) is 34.6 Å². The molecule has 0 saturated heterocycles. The van der Waals surface area contributed by atoms with Gasteiger partial charge >= 0.3 is 0 Å². The molecule has 0 amide bonds. The van der Waals surface area contributed by atoms with Gasteiger partial charge in [-0.1, -0.05) is 35.9 Å². The van der Waals surface area contributed by atoms with Gasteiger partial charge in [-0.2, -0.15) is 0 Å². The van der Waals surface area contributed by atoms with E-state index in [1.165, 1.54) is 36.8 Å². The van der Waals surface area contributed by atoms with Crippen molar-refractivity contribution in [3.05, 3.63) is 58.9 Å². The van der Waals surface area contributed by atoms with Crippen molar-refractivity contribution in [2.45, 2.75) is 31.7 Å². The maximum atomic E-state index is 6.29. The molecule has 2 nitrogen and oxygen atoms in total. The molecule has 1 heterocycles. The van der Waals surface area contributed by atoms with Crippen LogP contribution in [-0.2, 0) is 12.8 Å². The first-order valence-electron chi connectivity index (χ1n) is 7.74. The number of benzene rings is 1. The molecular weight excluding hydrogens is 280 g/mol. The van der Waals surface area contributed by atoms with Gasteiger partial charge in [-0.3, -0.25) is 4.98 Å². The zero-order valence-corrected chi connectivity index (χ0v) is 12.7. The standard InChI is InChI=1S/C18H19ClN2/c19-16-7-8-20-11-17(16)21-18-14-5-6-15(18)10-13-4-2-1-3-12(13)9-14/h1-4,7-8,11,14-15,18,21H,5-6,9-10H2. The number of fused-ring (bicyclic) bond motifs is 3. The van der Waals surface area contributed by atoms with Gasteiger partial charge in [0.1, 0.15) is 0 Å². The number of nitrogens with zero attached hydrogens (tertiary/aromatic N) is 1. The highest BCUT2D eigenvalue weighted by atomic mass is 35.5. The van der Waals surface area contributed by atoms with Crippen LogP contribution in [0, 0.1) is 11.8 Å². The largest absolute Gasteiger partial charge is 0.379 e. The topological polar surface area (TPSA) is 24.9 Å². The smallest absolute Gasteiger partial charge is 0.0718 e. The Balaban J connectivity index is 1.62. The Morgan fingerprint density at radius 2 is 1.67 bits per heavy atom. The van der Waals surface area contributed by atoms with E-state index in [1.54, 1.807) is 6.20 Å². The maximum absolute atomic E-state index is 6.29. The summed E-state index contributed by atoms with van der Waals surface area (Å²) in [7, 11) is 0. The molecular formula is C18H19ClN2. The molecule has 1 aromatic heterocycles. The molecule has 3 heteroatoms. The second-order valence-corrected chi connectivity index (χ2v) is 6.71. The van der Waals surface area contributed by atoms with Crippen molar-refractivity contribution in [2.75, 3.05) is 5.32 Å². The highest BCUT2D eigenvalue weighted by Gasteiger charge is 2.39. The van der Waals surface area contributed by atoms with Crippen molar-refractivity contribution in [1.82, 2.24) is 4.98 Å². The van der Waals surface area contributed by atoms with Crippen LogP contribution in [-0.4, -0.2) is 11.0 Å².